The van der Waals surface area contributed by atoms with Crippen LogP contribution in [-0.2, 0) is 23.8 Å². The lowest BCUT2D eigenvalue weighted by Crippen LogP contribution is -2.60. The van der Waals surface area contributed by atoms with Gasteiger partial charge in [-0.25, -0.2) is 0 Å². The van der Waals surface area contributed by atoms with Gasteiger partial charge >= 0.3 is 5.97 Å². The Labute approximate surface area is 275 Å². The number of fused-ring (bicyclic) bond motifs is 4. The van der Waals surface area contributed by atoms with Gasteiger partial charge in [-0.15, -0.1) is 0 Å². The third-order valence-electron chi connectivity index (χ3n) is 16.4. The molecule has 8 fully saturated rings. The molecule has 6 saturated carbocycles. The van der Waals surface area contributed by atoms with Crippen molar-refractivity contribution in [2.75, 3.05) is 19.7 Å². The van der Waals surface area contributed by atoms with Gasteiger partial charge in [0.25, 0.3) is 0 Å². The molecular weight excluding hydrogens is 582 g/mol. The molecule has 6 aliphatic carbocycles. The molecule has 0 aromatic heterocycles. The lowest BCUT2D eigenvalue weighted by atomic mass is 9.41. The number of aliphatic carboxylic acids is 1. The Kier molecular flexibility index (Phi) is 7.40. The maximum atomic E-state index is 12.9. The predicted molar refractivity (Wildman–Crippen MR) is 172 cm³/mol. The van der Waals surface area contributed by atoms with Crippen LogP contribution in [0.15, 0.2) is 0 Å². The average molecular weight is 642 g/mol. The van der Waals surface area contributed by atoms with E-state index in [-0.39, 0.29) is 58.6 Å². The first-order chi connectivity index (χ1) is 21.8. The average Bonchev–Trinajstić information content (AvgIpc) is 3.93. The number of nitrogens with zero attached hydrogens (tertiary/aromatic N) is 1. The van der Waals surface area contributed by atoms with Crippen molar-refractivity contribution < 1.29 is 34.0 Å². The largest absolute Gasteiger partial charge is 0.481 e. The number of carbonyl (C=O) groups is 2. The van der Waals surface area contributed by atoms with Gasteiger partial charge in [0.2, 0.25) is 5.91 Å². The fourth-order valence-electron chi connectivity index (χ4n) is 13.9. The zero-order chi connectivity index (χ0) is 32.4. The number of carboxylic acids is 1. The summed E-state index contributed by atoms with van der Waals surface area (Å²) in [5.74, 6) is 1.86. The van der Waals surface area contributed by atoms with Gasteiger partial charge in [-0.3, -0.25) is 9.59 Å². The molecule has 13 atom stereocenters. The van der Waals surface area contributed by atoms with Gasteiger partial charge in [0.15, 0.2) is 6.29 Å². The van der Waals surface area contributed by atoms with Gasteiger partial charge in [0, 0.05) is 24.8 Å². The number of hydrogen-bond acceptors (Lipinski definition) is 6. The summed E-state index contributed by atoms with van der Waals surface area (Å²) in [6.45, 7) is 13.9. The van der Waals surface area contributed by atoms with Crippen molar-refractivity contribution in [3.05, 3.63) is 0 Å². The number of hydrogen-bond donors (Lipinski definition) is 2. The summed E-state index contributed by atoms with van der Waals surface area (Å²) in [5.41, 5.74) is 0.398. The van der Waals surface area contributed by atoms with Gasteiger partial charge in [0.1, 0.15) is 0 Å². The first-order valence-corrected chi connectivity index (χ1v) is 18.9. The quantitative estimate of drug-likeness (QED) is 0.350. The Hall–Kier alpha value is -1.22. The Balaban J connectivity index is 0.995. The van der Waals surface area contributed by atoms with E-state index in [2.05, 4.69) is 34.6 Å². The van der Waals surface area contributed by atoms with E-state index in [4.69, 9.17) is 14.2 Å². The maximum absolute atomic E-state index is 12.9. The van der Waals surface area contributed by atoms with Gasteiger partial charge in [0.05, 0.1) is 37.6 Å². The normalized spacial score (nSPS) is 52.0. The zero-order valence-electron chi connectivity index (χ0n) is 29.0. The van der Waals surface area contributed by atoms with Crippen LogP contribution in [0, 0.1) is 56.7 Å². The summed E-state index contributed by atoms with van der Waals surface area (Å²) in [7, 11) is 0. The summed E-state index contributed by atoms with van der Waals surface area (Å²) in [6.07, 6.45) is 11.8. The smallest absolute Gasteiger partial charge is 0.303 e. The van der Waals surface area contributed by atoms with Crippen LogP contribution < -0.4 is 0 Å². The van der Waals surface area contributed by atoms with Crippen LogP contribution in [0.4, 0.5) is 0 Å². The van der Waals surface area contributed by atoms with Crippen LogP contribution in [0.2, 0.25) is 0 Å². The predicted octanol–water partition coefficient (Wildman–Crippen LogP) is 6.03. The van der Waals surface area contributed by atoms with Gasteiger partial charge in [-0.2, -0.15) is 0 Å². The molecule has 1 amide bonds. The number of aliphatic hydroxyl groups excluding tert-OH is 1. The molecule has 2 saturated heterocycles. The molecule has 8 heteroatoms. The Morgan fingerprint density at radius 1 is 0.978 bits per heavy atom. The van der Waals surface area contributed by atoms with Crippen molar-refractivity contribution >= 4 is 11.9 Å². The molecule has 0 aromatic carbocycles. The van der Waals surface area contributed by atoms with E-state index in [1.807, 2.05) is 4.90 Å². The van der Waals surface area contributed by atoms with E-state index in [1.165, 1.54) is 38.5 Å². The Morgan fingerprint density at radius 2 is 1.72 bits per heavy atom. The molecule has 8 nitrogen and oxygen atoms in total. The molecule has 2 heterocycles. The molecule has 8 aliphatic rings. The van der Waals surface area contributed by atoms with Crippen LogP contribution in [0.3, 0.4) is 0 Å². The number of ether oxygens (including phenoxy) is 3. The van der Waals surface area contributed by atoms with Crippen LogP contribution in [0.5, 0.6) is 0 Å². The first-order valence-electron chi connectivity index (χ1n) is 18.9. The van der Waals surface area contributed by atoms with Crippen molar-refractivity contribution in [3.63, 3.8) is 0 Å². The molecule has 46 heavy (non-hydrogen) atoms. The van der Waals surface area contributed by atoms with Crippen molar-refractivity contribution in [1.29, 1.82) is 0 Å². The first kappa shape index (κ1) is 32.0. The lowest BCUT2D eigenvalue weighted by Gasteiger charge is -2.64. The number of carbonyl (C=O) groups excluding carboxylic acids is 1. The number of morpholine rings is 1. The van der Waals surface area contributed by atoms with Crippen LogP contribution in [-0.4, -0.2) is 77.4 Å². The summed E-state index contributed by atoms with van der Waals surface area (Å²) in [4.78, 5) is 26.2. The molecular formula is C38H59NO7. The highest BCUT2D eigenvalue weighted by molar-refractivity contribution is 5.76. The third kappa shape index (κ3) is 4.37. The standard InChI is InChI=1S/C38H59NO7/c1-22-18-24(8-11-29(41)42)45-32-31(22)35(4)14-15-38-21-37(38)13-12-27(34(2,3)25(37)9-10-26(38)36(35,5)33(32)43)46-30-20-39(16-17-44-30)28(40)19-23-6-7-23/h22-27,30-33,43H,6-21H2,1-5H3,(H,41,42). The highest BCUT2D eigenvalue weighted by atomic mass is 16.7. The Morgan fingerprint density at radius 3 is 2.46 bits per heavy atom. The highest BCUT2D eigenvalue weighted by Crippen LogP contribution is 2.89. The highest BCUT2D eigenvalue weighted by Gasteiger charge is 2.84. The van der Waals surface area contributed by atoms with E-state index >= 15 is 0 Å². The molecule has 2 N–H and O–H groups in total. The summed E-state index contributed by atoms with van der Waals surface area (Å²) in [6, 6.07) is 0. The minimum atomic E-state index is -0.772. The molecule has 8 rings (SSSR count). The number of rotatable bonds is 7. The van der Waals surface area contributed by atoms with E-state index in [0.29, 0.717) is 67.5 Å². The van der Waals surface area contributed by atoms with E-state index in [0.717, 1.165) is 25.7 Å². The maximum Gasteiger partial charge on any atom is 0.303 e. The van der Waals surface area contributed by atoms with Crippen molar-refractivity contribution in [2.24, 2.45) is 56.7 Å². The Bertz CT molecular complexity index is 1250. The van der Waals surface area contributed by atoms with Crippen LogP contribution >= 0.6 is 0 Å². The summed E-state index contributed by atoms with van der Waals surface area (Å²) in [5, 5.41) is 21.7. The third-order valence-corrected chi connectivity index (χ3v) is 16.4. The van der Waals surface area contributed by atoms with Crippen molar-refractivity contribution in [3.8, 4) is 0 Å². The fourth-order valence-corrected chi connectivity index (χ4v) is 13.9. The van der Waals surface area contributed by atoms with E-state index in [9.17, 15) is 19.8 Å². The molecule has 0 radical (unpaired) electrons. The SMILES string of the molecule is CC1CC(CCC(=O)O)OC2C1C1(C)CCC34CC35CCC(OC3CN(C(=O)CC6CC6)CCO3)C(C)(C)C5CCC4C1(C)C2O. The molecule has 2 aliphatic heterocycles. The number of aliphatic hydroxyl groups is 1. The van der Waals surface area contributed by atoms with E-state index < -0.39 is 12.1 Å². The second kappa shape index (κ2) is 10.6. The van der Waals surface area contributed by atoms with Gasteiger partial charge in [-0.1, -0.05) is 34.6 Å². The molecule has 0 bridgehead atoms. The second-order valence-corrected chi connectivity index (χ2v) is 18.5. The van der Waals surface area contributed by atoms with Crippen molar-refractivity contribution in [1.82, 2.24) is 4.90 Å². The number of carboxylic acid groups (broad SMARTS) is 1. The minimum absolute atomic E-state index is 0.00923. The summed E-state index contributed by atoms with van der Waals surface area (Å²) >= 11 is 0. The van der Waals surface area contributed by atoms with Crippen LogP contribution in [0.25, 0.3) is 0 Å². The molecule has 258 valence electrons. The number of amides is 1. The molecule has 0 aromatic rings. The van der Waals surface area contributed by atoms with Gasteiger partial charge < -0.3 is 29.3 Å². The van der Waals surface area contributed by atoms with Crippen molar-refractivity contribution in [2.45, 2.75) is 149 Å². The monoisotopic (exact) mass is 641 g/mol. The van der Waals surface area contributed by atoms with E-state index in [1.54, 1.807) is 0 Å². The topological polar surface area (TPSA) is 106 Å². The summed E-state index contributed by atoms with van der Waals surface area (Å²) < 4.78 is 19.6. The molecule has 2 spiro atoms. The molecule has 13 unspecified atom stereocenters. The zero-order valence-corrected chi connectivity index (χ0v) is 29.0. The lowest BCUT2D eigenvalue weighted by molar-refractivity contribution is -0.248. The fraction of sp³-hybridized carbons (Fsp3) is 0.947. The second-order valence-electron chi connectivity index (χ2n) is 18.5. The minimum Gasteiger partial charge on any atom is -0.481 e. The van der Waals surface area contributed by atoms with Gasteiger partial charge in [-0.05, 0) is 122 Å². The van der Waals surface area contributed by atoms with Crippen LogP contribution in [0.1, 0.15) is 118 Å².